The molecule has 3 heteroatoms. The minimum Gasteiger partial charge on any atom is -0.327 e. The molecule has 0 radical (unpaired) electrons. The van der Waals surface area contributed by atoms with Crippen LogP contribution in [0.5, 0.6) is 0 Å². The molecule has 78 valence electrons. The van der Waals surface area contributed by atoms with Gasteiger partial charge in [-0.25, -0.2) is 0 Å². The van der Waals surface area contributed by atoms with E-state index in [-0.39, 0.29) is 0 Å². The molecule has 0 amide bonds. The molecule has 1 aliphatic rings. The van der Waals surface area contributed by atoms with Gasteiger partial charge < -0.3 is 5.73 Å². The molecule has 0 spiro atoms. The van der Waals surface area contributed by atoms with Gasteiger partial charge in [-0.15, -0.1) is 11.3 Å². The highest BCUT2D eigenvalue weighted by Gasteiger charge is 2.39. The Morgan fingerprint density at radius 2 is 2.36 bits per heavy atom. The van der Waals surface area contributed by atoms with E-state index >= 15 is 0 Å². The molecule has 14 heavy (non-hydrogen) atoms. The Labute approximate surface area is 97.8 Å². The third-order valence-corrected chi connectivity index (χ3v) is 4.96. The van der Waals surface area contributed by atoms with E-state index in [4.69, 9.17) is 5.73 Å². The Morgan fingerprint density at radius 1 is 1.64 bits per heavy atom. The zero-order valence-electron chi connectivity index (χ0n) is 8.59. The largest absolute Gasteiger partial charge is 0.327 e. The number of aryl methyl sites for hydroxylation is 1. The van der Waals surface area contributed by atoms with Crippen molar-refractivity contribution in [2.75, 3.05) is 0 Å². The van der Waals surface area contributed by atoms with Crippen LogP contribution < -0.4 is 5.73 Å². The van der Waals surface area contributed by atoms with Crippen molar-refractivity contribution in [1.82, 2.24) is 0 Å². The highest BCUT2D eigenvalue weighted by molar-refractivity contribution is 9.11. The van der Waals surface area contributed by atoms with Crippen LogP contribution in [-0.4, -0.2) is 6.04 Å². The first-order chi connectivity index (χ1) is 6.63. The topological polar surface area (TPSA) is 26.0 Å². The van der Waals surface area contributed by atoms with Gasteiger partial charge in [-0.2, -0.15) is 0 Å². The highest BCUT2D eigenvalue weighted by Crippen LogP contribution is 2.46. The van der Waals surface area contributed by atoms with Gasteiger partial charge in [0, 0.05) is 10.9 Å². The fourth-order valence-electron chi connectivity index (χ4n) is 2.52. The summed E-state index contributed by atoms with van der Waals surface area (Å²) in [5.41, 5.74) is 7.53. The molecule has 0 aromatic carbocycles. The van der Waals surface area contributed by atoms with Crippen LogP contribution in [0.25, 0.3) is 0 Å². The Balaban J connectivity index is 2.20. The number of nitrogens with two attached hydrogens (primary N) is 1. The predicted molar refractivity (Wildman–Crippen MR) is 65.9 cm³/mol. The average Bonchev–Trinajstić information content (AvgIpc) is 2.41. The van der Waals surface area contributed by atoms with Crippen molar-refractivity contribution in [1.29, 1.82) is 0 Å². The number of halogens is 1. The summed E-state index contributed by atoms with van der Waals surface area (Å²) in [4.78, 5) is 1.45. The van der Waals surface area contributed by atoms with Crippen LogP contribution in [0.3, 0.4) is 0 Å². The summed E-state index contributed by atoms with van der Waals surface area (Å²) in [6.45, 7) is 4.45. The molecule has 0 aliphatic heterocycles. The molecule has 1 aromatic rings. The van der Waals surface area contributed by atoms with E-state index in [0.717, 1.165) is 5.92 Å². The number of hydrogen-bond donors (Lipinski definition) is 1. The second kappa shape index (κ2) is 3.95. The van der Waals surface area contributed by atoms with Crippen LogP contribution in [0.1, 0.15) is 36.1 Å². The van der Waals surface area contributed by atoms with Crippen molar-refractivity contribution < 1.29 is 0 Å². The Bertz CT molecular complexity index is 334. The van der Waals surface area contributed by atoms with Crippen molar-refractivity contribution in [3.05, 3.63) is 20.3 Å². The van der Waals surface area contributed by atoms with Crippen LogP contribution in [0.15, 0.2) is 9.85 Å². The van der Waals surface area contributed by atoms with Gasteiger partial charge in [0.05, 0.1) is 3.79 Å². The first-order valence-corrected chi connectivity index (χ1v) is 6.75. The van der Waals surface area contributed by atoms with Crippen molar-refractivity contribution in [3.63, 3.8) is 0 Å². The fraction of sp³-hybridized carbons (Fsp3) is 0.636. The molecular formula is C11H16BrNS. The van der Waals surface area contributed by atoms with Gasteiger partial charge >= 0.3 is 0 Å². The molecule has 0 bridgehead atoms. The quantitative estimate of drug-likeness (QED) is 0.875. The Hall–Kier alpha value is 0.140. The smallest absolute Gasteiger partial charge is 0.0704 e. The lowest BCUT2D eigenvalue weighted by Crippen LogP contribution is -2.45. The number of thiophene rings is 1. The van der Waals surface area contributed by atoms with Gasteiger partial charge in [-0.05, 0) is 52.7 Å². The van der Waals surface area contributed by atoms with Crippen molar-refractivity contribution in [2.45, 2.75) is 38.6 Å². The molecule has 1 nitrogen and oxygen atoms in total. The highest BCUT2D eigenvalue weighted by atomic mass is 79.9. The van der Waals surface area contributed by atoms with Gasteiger partial charge in [0.1, 0.15) is 0 Å². The molecule has 2 N–H and O–H groups in total. The van der Waals surface area contributed by atoms with Gasteiger partial charge in [0.15, 0.2) is 0 Å². The average molecular weight is 274 g/mol. The van der Waals surface area contributed by atoms with E-state index in [1.54, 1.807) is 0 Å². The van der Waals surface area contributed by atoms with E-state index in [0.29, 0.717) is 12.0 Å². The second-order valence-electron chi connectivity index (χ2n) is 4.14. The molecule has 3 unspecified atom stereocenters. The summed E-state index contributed by atoms with van der Waals surface area (Å²) < 4.78 is 1.25. The summed E-state index contributed by atoms with van der Waals surface area (Å²) >= 11 is 5.39. The first kappa shape index (κ1) is 10.7. The summed E-state index contributed by atoms with van der Waals surface area (Å²) in [5.74, 6) is 1.42. The van der Waals surface area contributed by atoms with Gasteiger partial charge in [0.2, 0.25) is 0 Å². The molecule has 1 fully saturated rings. The van der Waals surface area contributed by atoms with Gasteiger partial charge in [0.25, 0.3) is 0 Å². The van der Waals surface area contributed by atoms with Crippen molar-refractivity contribution in [3.8, 4) is 0 Å². The minimum absolute atomic E-state index is 0.433. The van der Waals surface area contributed by atoms with Crippen LogP contribution in [0.4, 0.5) is 0 Å². The summed E-state index contributed by atoms with van der Waals surface area (Å²) in [7, 11) is 0. The maximum atomic E-state index is 6.01. The molecule has 1 heterocycles. The lowest BCUT2D eigenvalue weighted by atomic mass is 9.65. The zero-order chi connectivity index (χ0) is 10.3. The van der Waals surface area contributed by atoms with Gasteiger partial charge in [-0.1, -0.05) is 13.3 Å². The number of rotatable bonds is 2. The van der Waals surface area contributed by atoms with E-state index in [2.05, 4.69) is 35.8 Å². The molecular weight excluding hydrogens is 258 g/mol. The number of hydrogen-bond acceptors (Lipinski definition) is 2. The molecule has 2 rings (SSSR count). The minimum atomic E-state index is 0.433. The normalized spacial score (nSPS) is 31.6. The van der Waals surface area contributed by atoms with Crippen molar-refractivity contribution in [2.24, 2.45) is 11.7 Å². The monoisotopic (exact) mass is 273 g/mol. The molecule has 1 saturated carbocycles. The SMILES string of the molecule is CCC1C(N)CC1c1cc(Br)sc1C. The second-order valence-corrected chi connectivity index (χ2v) is 6.78. The molecule has 3 atom stereocenters. The maximum absolute atomic E-state index is 6.01. The fourth-order valence-corrected chi connectivity index (χ4v) is 4.30. The summed E-state index contributed by atoms with van der Waals surface area (Å²) in [6, 6.07) is 2.71. The zero-order valence-corrected chi connectivity index (χ0v) is 11.0. The Morgan fingerprint density at radius 3 is 2.79 bits per heavy atom. The van der Waals surface area contributed by atoms with Crippen LogP contribution in [0, 0.1) is 12.8 Å². The molecule has 0 saturated heterocycles. The van der Waals surface area contributed by atoms with Crippen LogP contribution >= 0.6 is 27.3 Å². The summed E-state index contributed by atoms with van der Waals surface area (Å²) in [6.07, 6.45) is 2.38. The molecule has 1 aliphatic carbocycles. The van der Waals surface area contributed by atoms with E-state index < -0.39 is 0 Å². The third kappa shape index (κ3) is 1.66. The van der Waals surface area contributed by atoms with E-state index in [1.807, 2.05) is 11.3 Å². The van der Waals surface area contributed by atoms with Crippen LogP contribution in [-0.2, 0) is 0 Å². The lowest BCUT2D eigenvalue weighted by Gasteiger charge is -2.42. The maximum Gasteiger partial charge on any atom is 0.0704 e. The van der Waals surface area contributed by atoms with E-state index in [9.17, 15) is 0 Å². The van der Waals surface area contributed by atoms with Crippen LogP contribution in [0.2, 0.25) is 0 Å². The molecule has 1 aromatic heterocycles. The van der Waals surface area contributed by atoms with Gasteiger partial charge in [-0.3, -0.25) is 0 Å². The summed E-state index contributed by atoms with van der Waals surface area (Å²) in [5, 5.41) is 0. The Kier molecular flexibility index (Phi) is 3.01. The van der Waals surface area contributed by atoms with Crippen molar-refractivity contribution >= 4 is 27.3 Å². The first-order valence-electron chi connectivity index (χ1n) is 5.15. The standard InChI is InChI=1S/C11H16BrNS/c1-3-7-9(4-10(7)13)8-5-11(12)14-6(8)2/h5,7,9-10H,3-4,13H2,1-2H3. The third-order valence-electron chi connectivity index (χ3n) is 3.39. The lowest BCUT2D eigenvalue weighted by molar-refractivity contribution is 0.198. The van der Waals surface area contributed by atoms with E-state index in [1.165, 1.54) is 27.1 Å². The predicted octanol–water partition coefficient (Wildman–Crippen LogP) is 3.66.